The molecule has 8 heteroatoms. The first-order valence-corrected chi connectivity index (χ1v) is 9.85. The molecule has 26 heavy (non-hydrogen) atoms. The van der Waals surface area contributed by atoms with Crippen LogP contribution < -0.4 is 0 Å². The van der Waals surface area contributed by atoms with E-state index in [-0.39, 0.29) is 0 Å². The van der Waals surface area contributed by atoms with Gasteiger partial charge in [0.1, 0.15) is 0 Å². The minimum absolute atomic E-state index is 0.480. The fourth-order valence-corrected chi connectivity index (χ4v) is 3.54. The number of hydrogen-bond acceptors (Lipinski definition) is 5. The molecule has 5 nitrogen and oxygen atoms in total. The van der Waals surface area contributed by atoms with Gasteiger partial charge in [-0.3, -0.25) is 4.57 Å². The topological polar surface area (TPSA) is 56.7 Å². The van der Waals surface area contributed by atoms with E-state index in [1.165, 1.54) is 11.8 Å². The van der Waals surface area contributed by atoms with E-state index >= 15 is 0 Å². The summed E-state index contributed by atoms with van der Waals surface area (Å²) in [7, 11) is 0. The first-order chi connectivity index (χ1) is 12.7. The Labute approximate surface area is 167 Å². The fraction of sp³-hybridized carbons (Fsp3) is 0.0556. The fourth-order valence-electron chi connectivity index (χ4n) is 2.34. The van der Waals surface area contributed by atoms with Crippen molar-refractivity contribution in [3.8, 4) is 17.1 Å². The van der Waals surface area contributed by atoms with Crippen LogP contribution in [0.4, 0.5) is 0 Å². The SMILES string of the molecule is Clc1ccc(-c2nnc(CSc3nccn3-c3ccc(Br)cc3)o2)cc1. The van der Waals surface area contributed by atoms with Crippen LogP contribution in [0.1, 0.15) is 5.89 Å². The van der Waals surface area contributed by atoms with Gasteiger partial charge in [0.2, 0.25) is 11.8 Å². The van der Waals surface area contributed by atoms with E-state index in [9.17, 15) is 0 Å². The molecule has 0 spiro atoms. The monoisotopic (exact) mass is 446 g/mol. The van der Waals surface area contributed by atoms with Gasteiger partial charge in [-0.2, -0.15) is 0 Å². The summed E-state index contributed by atoms with van der Waals surface area (Å²) in [5.74, 6) is 1.56. The third-order valence-corrected chi connectivity index (χ3v) is 5.33. The van der Waals surface area contributed by atoms with Crippen molar-refractivity contribution in [2.75, 3.05) is 0 Å². The molecule has 2 aromatic heterocycles. The molecule has 0 unspecified atom stereocenters. The molecule has 0 atom stereocenters. The summed E-state index contributed by atoms with van der Waals surface area (Å²) in [6, 6.07) is 15.4. The summed E-state index contributed by atoms with van der Waals surface area (Å²) in [5.41, 5.74) is 1.88. The number of thioether (sulfide) groups is 1. The lowest BCUT2D eigenvalue weighted by molar-refractivity contribution is 0.528. The predicted octanol–water partition coefficient (Wildman–Crippen LogP) is 5.63. The van der Waals surface area contributed by atoms with Crippen LogP contribution in [-0.4, -0.2) is 19.7 Å². The minimum Gasteiger partial charge on any atom is -0.420 e. The van der Waals surface area contributed by atoms with Crippen LogP contribution in [0.2, 0.25) is 5.02 Å². The summed E-state index contributed by atoms with van der Waals surface area (Å²) in [6.45, 7) is 0. The van der Waals surface area contributed by atoms with Crippen LogP contribution in [0.25, 0.3) is 17.1 Å². The van der Waals surface area contributed by atoms with Gasteiger partial charge in [-0.25, -0.2) is 4.98 Å². The van der Waals surface area contributed by atoms with Gasteiger partial charge < -0.3 is 4.42 Å². The Bertz CT molecular complexity index is 1010. The standard InChI is InChI=1S/C18H12BrClN4OS/c19-13-3-7-15(8-4-13)24-10-9-21-18(24)26-11-16-22-23-17(25-16)12-1-5-14(20)6-2-12/h1-10H,11H2. The molecule has 0 aliphatic rings. The number of rotatable bonds is 5. The zero-order chi connectivity index (χ0) is 17.9. The zero-order valence-electron chi connectivity index (χ0n) is 13.3. The second-order valence-corrected chi connectivity index (χ2v) is 7.65. The second kappa shape index (κ2) is 7.65. The number of benzene rings is 2. The van der Waals surface area contributed by atoms with Gasteiger partial charge in [0.25, 0.3) is 0 Å². The summed E-state index contributed by atoms with van der Waals surface area (Å²) in [5, 5.41) is 9.75. The van der Waals surface area contributed by atoms with Crippen molar-refractivity contribution < 1.29 is 4.42 Å². The maximum atomic E-state index is 5.90. The van der Waals surface area contributed by atoms with E-state index in [4.69, 9.17) is 16.0 Å². The smallest absolute Gasteiger partial charge is 0.247 e. The molecular formula is C18H12BrClN4OS. The molecule has 0 bridgehead atoms. The lowest BCUT2D eigenvalue weighted by Gasteiger charge is -2.06. The van der Waals surface area contributed by atoms with Crippen LogP contribution in [0.15, 0.2) is 75.0 Å². The van der Waals surface area contributed by atoms with Crippen molar-refractivity contribution in [3.05, 3.63) is 76.3 Å². The zero-order valence-corrected chi connectivity index (χ0v) is 16.5. The molecule has 0 aliphatic carbocycles. The number of nitrogens with zero attached hydrogens (tertiary/aromatic N) is 4. The molecule has 0 radical (unpaired) electrons. The van der Waals surface area contributed by atoms with E-state index in [2.05, 4.69) is 31.1 Å². The first-order valence-electron chi connectivity index (χ1n) is 7.69. The Hall–Kier alpha value is -2.09. The molecular weight excluding hydrogens is 436 g/mol. The molecule has 0 saturated heterocycles. The normalized spacial score (nSPS) is 11.0. The van der Waals surface area contributed by atoms with Crippen molar-refractivity contribution in [2.45, 2.75) is 10.9 Å². The maximum absolute atomic E-state index is 5.90. The largest absolute Gasteiger partial charge is 0.420 e. The minimum atomic E-state index is 0.480. The number of imidazole rings is 1. The van der Waals surface area contributed by atoms with Gasteiger partial charge in [-0.15, -0.1) is 10.2 Å². The highest BCUT2D eigenvalue weighted by Gasteiger charge is 2.11. The Morgan fingerprint density at radius 3 is 2.58 bits per heavy atom. The molecule has 4 aromatic rings. The summed E-state index contributed by atoms with van der Waals surface area (Å²) in [6.07, 6.45) is 3.70. The molecule has 0 aliphatic heterocycles. The van der Waals surface area contributed by atoms with E-state index in [1.54, 1.807) is 18.3 Å². The van der Waals surface area contributed by atoms with Crippen molar-refractivity contribution in [1.29, 1.82) is 0 Å². The van der Waals surface area contributed by atoms with Gasteiger partial charge >= 0.3 is 0 Å². The number of hydrogen-bond donors (Lipinski definition) is 0. The molecule has 130 valence electrons. The van der Waals surface area contributed by atoms with Gasteiger partial charge in [-0.1, -0.05) is 39.3 Å². The van der Waals surface area contributed by atoms with E-state index in [1.807, 2.05) is 47.2 Å². The number of halogens is 2. The van der Waals surface area contributed by atoms with Gasteiger partial charge in [0.15, 0.2) is 5.16 Å². The Kier molecular flexibility index (Phi) is 5.10. The summed E-state index contributed by atoms with van der Waals surface area (Å²) >= 11 is 10.9. The highest BCUT2D eigenvalue weighted by Crippen LogP contribution is 2.26. The third kappa shape index (κ3) is 3.85. The molecule has 0 amide bonds. The van der Waals surface area contributed by atoms with E-state index < -0.39 is 0 Å². The lowest BCUT2D eigenvalue weighted by Crippen LogP contribution is -1.95. The van der Waals surface area contributed by atoms with Crippen LogP contribution in [-0.2, 0) is 5.75 Å². The summed E-state index contributed by atoms with van der Waals surface area (Å²) < 4.78 is 8.80. The average molecular weight is 448 g/mol. The van der Waals surface area contributed by atoms with Gasteiger partial charge in [-0.05, 0) is 48.5 Å². The van der Waals surface area contributed by atoms with E-state index in [0.29, 0.717) is 22.6 Å². The van der Waals surface area contributed by atoms with Gasteiger partial charge in [0.05, 0.1) is 5.75 Å². The highest BCUT2D eigenvalue weighted by atomic mass is 79.9. The second-order valence-electron chi connectivity index (χ2n) is 5.35. The van der Waals surface area contributed by atoms with Crippen LogP contribution >= 0.6 is 39.3 Å². The average Bonchev–Trinajstić information content (AvgIpc) is 3.30. The quantitative estimate of drug-likeness (QED) is 0.371. The van der Waals surface area contributed by atoms with Crippen molar-refractivity contribution in [2.24, 2.45) is 0 Å². The lowest BCUT2D eigenvalue weighted by atomic mass is 10.2. The maximum Gasteiger partial charge on any atom is 0.247 e. The first kappa shape index (κ1) is 17.3. The molecule has 2 aromatic carbocycles. The van der Waals surface area contributed by atoms with Crippen LogP contribution in [0.3, 0.4) is 0 Å². The Morgan fingerprint density at radius 1 is 1.04 bits per heavy atom. The highest BCUT2D eigenvalue weighted by molar-refractivity contribution is 9.10. The van der Waals surface area contributed by atoms with Crippen molar-refractivity contribution in [3.63, 3.8) is 0 Å². The van der Waals surface area contributed by atoms with Gasteiger partial charge in [0, 0.05) is 33.1 Å². The molecule has 4 rings (SSSR count). The summed E-state index contributed by atoms with van der Waals surface area (Å²) in [4.78, 5) is 4.41. The van der Waals surface area contributed by atoms with Crippen molar-refractivity contribution >= 4 is 39.3 Å². The molecule has 0 fully saturated rings. The Morgan fingerprint density at radius 2 is 1.81 bits per heavy atom. The predicted molar refractivity (Wildman–Crippen MR) is 106 cm³/mol. The third-order valence-electron chi connectivity index (χ3n) is 3.59. The molecule has 0 N–H and O–H groups in total. The van der Waals surface area contributed by atoms with E-state index in [0.717, 1.165) is 20.9 Å². The number of aromatic nitrogens is 4. The van der Waals surface area contributed by atoms with Crippen molar-refractivity contribution in [1.82, 2.24) is 19.7 Å². The van der Waals surface area contributed by atoms with Crippen LogP contribution in [0, 0.1) is 0 Å². The Balaban J connectivity index is 1.48. The molecule has 2 heterocycles. The molecule has 0 saturated carbocycles. The van der Waals surface area contributed by atoms with Crippen LogP contribution in [0.5, 0.6) is 0 Å².